The van der Waals surface area contributed by atoms with Gasteiger partial charge >= 0.3 is 0 Å². The van der Waals surface area contributed by atoms with Gasteiger partial charge in [-0.25, -0.2) is 4.98 Å². The molecule has 1 N–H and O–H groups in total. The Morgan fingerprint density at radius 2 is 2.12 bits per heavy atom. The van der Waals surface area contributed by atoms with E-state index in [0.717, 1.165) is 29.4 Å². The minimum Gasteiger partial charge on any atom is -0.306 e. The first kappa shape index (κ1) is 12.0. The summed E-state index contributed by atoms with van der Waals surface area (Å²) in [5.41, 5.74) is 3.39. The number of hydrogen-bond donors (Lipinski definition) is 1. The largest absolute Gasteiger partial charge is 0.306 e. The van der Waals surface area contributed by atoms with Gasteiger partial charge in [-0.2, -0.15) is 0 Å². The molecule has 17 heavy (non-hydrogen) atoms. The van der Waals surface area contributed by atoms with Crippen LogP contribution >= 0.6 is 11.3 Å². The molecule has 0 saturated carbocycles. The minimum absolute atomic E-state index is 0.794. The molecular weight excluding hydrogens is 228 g/mol. The van der Waals surface area contributed by atoms with Crippen LogP contribution in [0, 0.1) is 6.92 Å². The van der Waals surface area contributed by atoms with Gasteiger partial charge in [0.15, 0.2) is 0 Å². The number of thiazole rings is 1. The molecule has 0 atom stereocenters. The average Bonchev–Trinajstić information content (AvgIpc) is 2.76. The van der Waals surface area contributed by atoms with Crippen molar-refractivity contribution in [2.45, 2.75) is 13.5 Å². The van der Waals surface area contributed by atoms with Crippen LogP contribution in [0.3, 0.4) is 0 Å². The fraction of sp³-hybridized carbons (Fsp3) is 0.214. The second-order valence-corrected chi connectivity index (χ2v) is 4.90. The summed E-state index contributed by atoms with van der Waals surface area (Å²) in [7, 11) is 0. The number of hydrogen-bond acceptors (Lipinski definition) is 3. The highest BCUT2D eigenvalue weighted by molar-refractivity contribution is 7.09. The molecule has 88 valence electrons. The molecule has 0 spiro atoms. The van der Waals surface area contributed by atoms with Crippen molar-refractivity contribution in [2.75, 3.05) is 6.54 Å². The third-order valence-corrected chi connectivity index (χ3v) is 3.43. The van der Waals surface area contributed by atoms with Crippen molar-refractivity contribution < 1.29 is 0 Å². The first-order valence-corrected chi connectivity index (χ1v) is 6.48. The highest BCUT2D eigenvalue weighted by Crippen LogP contribution is 2.11. The molecule has 0 saturated heterocycles. The SMILES string of the molecule is C=C(CNCc1nc(C)cs1)c1ccccc1. The number of nitrogens with one attached hydrogen (secondary N) is 1. The molecule has 1 aromatic heterocycles. The van der Waals surface area contributed by atoms with E-state index in [4.69, 9.17) is 0 Å². The zero-order valence-corrected chi connectivity index (χ0v) is 10.8. The number of rotatable bonds is 5. The molecular formula is C14H16N2S. The zero-order valence-electron chi connectivity index (χ0n) is 9.94. The quantitative estimate of drug-likeness (QED) is 0.873. The Kier molecular flexibility index (Phi) is 4.07. The number of nitrogens with zero attached hydrogens (tertiary/aromatic N) is 1. The van der Waals surface area contributed by atoms with Gasteiger partial charge in [0.2, 0.25) is 0 Å². The monoisotopic (exact) mass is 244 g/mol. The van der Waals surface area contributed by atoms with E-state index in [1.165, 1.54) is 5.56 Å². The smallest absolute Gasteiger partial charge is 0.107 e. The van der Waals surface area contributed by atoms with Crippen LogP contribution in [0.1, 0.15) is 16.3 Å². The van der Waals surface area contributed by atoms with Crippen LogP contribution < -0.4 is 5.32 Å². The lowest BCUT2D eigenvalue weighted by atomic mass is 10.1. The van der Waals surface area contributed by atoms with Gasteiger partial charge in [0.1, 0.15) is 5.01 Å². The highest BCUT2D eigenvalue weighted by Gasteiger charge is 2.00. The third-order valence-electron chi connectivity index (χ3n) is 2.46. The van der Waals surface area contributed by atoms with Gasteiger partial charge < -0.3 is 5.32 Å². The fourth-order valence-corrected chi connectivity index (χ4v) is 2.32. The molecule has 2 nitrogen and oxygen atoms in total. The van der Waals surface area contributed by atoms with Gasteiger partial charge in [0.05, 0.1) is 0 Å². The number of aromatic nitrogens is 1. The number of aryl methyl sites for hydroxylation is 1. The van der Waals surface area contributed by atoms with Crippen molar-refractivity contribution in [1.29, 1.82) is 0 Å². The van der Waals surface area contributed by atoms with Gasteiger partial charge in [-0.15, -0.1) is 11.3 Å². The summed E-state index contributed by atoms with van der Waals surface area (Å²) >= 11 is 1.69. The van der Waals surface area contributed by atoms with E-state index in [9.17, 15) is 0 Å². The molecule has 0 unspecified atom stereocenters. The maximum Gasteiger partial charge on any atom is 0.107 e. The van der Waals surface area contributed by atoms with Gasteiger partial charge in [-0.05, 0) is 18.1 Å². The van der Waals surface area contributed by atoms with Gasteiger partial charge in [-0.3, -0.25) is 0 Å². The van der Waals surface area contributed by atoms with Gasteiger partial charge in [-0.1, -0.05) is 36.9 Å². The molecule has 0 aliphatic carbocycles. The van der Waals surface area contributed by atoms with E-state index in [-0.39, 0.29) is 0 Å². The van der Waals surface area contributed by atoms with Crippen molar-refractivity contribution >= 4 is 16.9 Å². The second-order valence-electron chi connectivity index (χ2n) is 3.96. The fourth-order valence-electron chi connectivity index (χ4n) is 1.58. The summed E-state index contributed by atoms with van der Waals surface area (Å²) < 4.78 is 0. The summed E-state index contributed by atoms with van der Waals surface area (Å²) in [6.07, 6.45) is 0. The maximum atomic E-state index is 4.41. The molecule has 0 aliphatic heterocycles. The molecule has 3 heteroatoms. The Balaban J connectivity index is 1.81. The summed E-state index contributed by atoms with van der Waals surface area (Å²) in [6, 6.07) is 10.2. The third kappa shape index (κ3) is 3.51. The van der Waals surface area contributed by atoms with E-state index in [1.807, 2.05) is 25.1 Å². The van der Waals surface area contributed by atoms with Crippen LogP contribution in [0.2, 0.25) is 0 Å². The van der Waals surface area contributed by atoms with E-state index in [2.05, 4.69) is 34.4 Å². The zero-order chi connectivity index (χ0) is 12.1. The predicted molar refractivity (Wildman–Crippen MR) is 74.0 cm³/mol. The molecule has 2 aromatic rings. The lowest BCUT2D eigenvalue weighted by Gasteiger charge is -2.06. The predicted octanol–water partition coefficient (Wildman–Crippen LogP) is 3.25. The normalized spacial score (nSPS) is 10.4. The Labute approximate surface area is 106 Å². The molecule has 0 fully saturated rings. The molecule has 2 rings (SSSR count). The minimum atomic E-state index is 0.794. The van der Waals surface area contributed by atoms with Crippen molar-refractivity contribution in [3.63, 3.8) is 0 Å². The van der Waals surface area contributed by atoms with Gasteiger partial charge in [0, 0.05) is 24.2 Å². The van der Waals surface area contributed by atoms with Crippen molar-refractivity contribution in [3.8, 4) is 0 Å². The maximum absolute atomic E-state index is 4.41. The molecule has 0 bridgehead atoms. The first-order valence-electron chi connectivity index (χ1n) is 5.60. The molecule has 0 aliphatic rings. The Morgan fingerprint density at radius 3 is 2.76 bits per heavy atom. The van der Waals surface area contributed by atoms with Crippen molar-refractivity contribution in [2.24, 2.45) is 0 Å². The van der Waals surface area contributed by atoms with Crippen molar-refractivity contribution in [1.82, 2.24) is 10.3 Å². The Bertz CT molecular complexity index is 488. The molecule has 0 radical (unpaired) electrons. The van der Waals surface area contributed by atoms with Crippen LogP contribution in [0.15, 0.2) is 42.3 Å². The summed E-state index contributed by atoms with van der Waals surface area (Å²) in [6.45, 7) is 7.70. The summed E-state index contributed by atoms with van der Waals surface area (Å²) in [5.74, 6) is 0. The van der Waals surface area contributed by atoms with Crippen LogP contribution in [0.25, 0.3) is 5.57 Å². The van der Waals surface area contributed by atoms with Crippen LogP contribution in [0.4, 0.5) is 0 Å². The lowest BCUT2D eigenvalue weighted by Crippen LogP contribution is -2.15. The van der Waals surface area contributed by atoms with Gasteiger partial charge in [0.25, 0.3) is 0 Å². The van der Waals surface area contributed by atoms with Crippen LogP contribution in [-0.4, -0.2) is 11.5 Å². The first-order chi connectivity index (χ1) is 8.25. The molecule has 1 aromatic carbocycles. The standard InChI is InChI=1S/C14H16N2S/c1-11(13-6-4-3-5-7-13)8-15-9-14-16-12(2)10-17-14/h3-7,10,15H,1,8-9H2,2H3. The van der Waals surface area contributed by atoms with E-state index >= 15 is 0 Å². The number of benzene rings is 1. The highest BCUT2D eigenvalue weighted by atomic mass is 32.1. The topological polar surface area (TPSA) is 24.9 Å². The van der Waals surface area contributed by atoms with Crippen molar-refractivity contribution in [3.05, 3.63) is 58.6 Å². The summed E-state index contributed by atoms with van der Waals surface area (Å²) in [5, 5.41) is 6.56. The lowest BCUT2D eigenvalue weighted by molar-refractivity contribution is 0.760. The average molecular weight is 244 g/mol. The summed E-state index contributed by atoms with van der Waals surface area (Å²) in [4.78, 5) is 4.41. The molecule has 1 heterocycles. The Morgan fingerprint density at radius 1 is 1.35 bits per heavy atom. The van der Waals surface area contributed by atoms with E-state index in [0.29, 0.717) is 0 Å². The Hall–Kier alpha value is -1.45. The van der Waals surface area contributed by atoms with Crippen LogP contribution in [-0.2, 0) is 6.54 Å². The van der Waals surface area contributed by atoms with E-state index < -0.39 is 0 Å². The second kappa shape index (κ2) is 5.75. The molecule has 0 amide bonds. The van der Waals surface area contributed by atoms with Crippen LogP contribution in [0.5, 0.6) is 0 Å². The van der Waals surface area contributed by atoms with E-state index in [1.54, 1.807) is 11.3 Å².